The van der Waals surface area contributed by atoms with Crippen molar-refractivity contribution < 1.29 is 9.18 Å². The topological polar surface area (TPSA) is 65.8 Å². The second-order valence-corrected chi connectivity index (χ2v) is 8.66. The predicted molar refractivity (Wildman–Crippen MR) is 122 cm³/mol. The van der Waals surface area contributed by atoms with Gasteiger partial charge >= 0.3 is 0 Å². The van der Waals surface area contributed by atoms with E-state index >= 15 is 0 Å². The Hall–Kier alpha value is -2.88. The molecule has 1 N–H and O–H groups in total. The minimum Gasteiger partial charge on any atom is -0.325 e. The molecule has 31 heavy (non-hydrogen) atoms. The average Bonchev–Trinajstić information content (AvgIpc) is 2.79. The zero-order chi connectivity index (χ0) is 21.8. The van der Waals surface area contributed by atoms with E-state index < -0.39 is 0 Å². The highest BCUT2D eigenvalue weighted by molar-refractivity contribution is 8.00. The lowest BCUT2D eigenvalue weighted by Gasteiger charge is -2.22. The number of nitriles is 1. The Bertz CT molecular complexity index is 1160. The molecule has 0 bridgehead atoms. The van der Waals surface area contributed by atoms with Crippen LogP contribution in [-0.4, -0.2) is 16.6 Å². The fourth-order valence-corrected chi connectivity index (χ4v) is 4.66. The van der Waals surface area contributed by atoms with E-state index in [0.717, 1.165) is 48.1 Å². The Balaban J connectivity index is 1.63. The number of rotatable bonds is 5. The number of carbonyl (C=O) groups is 1. The monoisotopic (exact) mass is 451 g/mol. The lowest BCUT2D eigenvalue weighted by Crippen LogP contribution is -2.15. The molecule has 1 aliphatic carbocycles. The van der Waals surface area contributed by atoms with Crippen molar-refractivity contribution >= 4 is 35.0 Å². The van der Waals surface area contributed by atoms with Crippen molar-refractivity contribution in [3.8, 4) is 17.2 Å². The van der Waals surface area contributed by atoms with E-state index in [0.29, 0.717) is 21.3 Å². The van der Waals surface area contributed by atoms with Crippen molar-refractivity contribution in [2.45, 2.75) is 30.7 Å². The first kappa shape index (κ1) is 21.4. The Morgan fingerprint density at radius 2 is 1.84 bits per heavy atom. The van der Waals surface area contributed by atoms with Crippen molar-refractivity contribution in [2.75, 3.05) is 11.1 Å². The Labute approximate surface area is 189 Å². The third kappa shape index (κ3) is 4.90. The van der Waals surface area contributed by atoms with Gasteiger partial charge < -0.3 is 5.32 Å². The minimum atomic E-state index is -0.362. The maximum Gasteiger partial charge on any atom is 0.234 e. The lowest BCUT2D eigenvalue weighted by atomic mass is 9.87. The smallest absolute Gasteiger partial charge is 0.234 e. The van der Waals surface area contributed by atoms with Gasteiger partial charge in [-0.3, -0.25) is 4.79 Å². The summed E-state index contributed by atoms with van der Waals surface area (Å²) in [6, 6.07) is 15.4. The fourth-order valence-electron chi connectivity index (χ4n) is 3.73. The number of thioether (sulfide) groups is 1. The van der Waals surface area contributed by atoms with Gasteiger partial charge in [-0.2, -0.15) is 5.26 Å². The van der Waals surface area contributed by atoms with Gasteiger partial charge in [0.1, 0.15) is 16.9 Å². The number of aromatic nitrogens is 1. The number of aryl methyl sites for hydroxylation is 1. The number of hydrogen-bond donors (Lipinski definition) is 1. The predicted octanol–water partition coefficient (Wildman–Crippen LogP) is 6.02. The van der Waals surface area contributed by atoms with Gasteiger partial charge in [0.15, 0.2) is 0 Å². The summed E-state index contributed by atoms with van der Waals surface area (Å²) >= 11 is 7.30. The molecule has 156 valence electrons. The number of pyridine rings is 1. The number of carbonyl (C=O) groups excluding carboxylic acids is 1. The molecule has 7 heteroatoms. The largest absolute Gasteiger partial charge is 0.325 e. The number of benzene rings is 2. The van der Waals surface area contributed by atoms with Crippen molar-refractivity contribution in [1.82, 2.24) is 4.98 Å². The van der Waals surface area contributed by atoms with Crippen LogP contribution in [0.3, 0.4) is 0 Å². The summed E-state index contributed by atoms with van der Waals surface area (Å²) in [5.41, 5.74) is 4.95. The van der Waals surface area contributed by atoms with Crippen LogP contribution in [0.15, 0.2) is 53.6 Å². The summed E-state index contributed by atoms with van der Waals surface area (Å²) in [6.07, 6.45) is 3.86. The van der Waals surface area contributed by atoms with E-state index in [1.807, 2.05) is 24.3 Å². The van der Waals surface area contributed by atoms with Crippen molar-refractivity contribution in [3.05, 3.63) is 76.2 Å². The molecule has 3 aromatic rings. The van der Waals surface area contributed by atoms with Crippen LogP contribution < -0.4 is 5.32 Å². The average molecular weight is 452 g/mol. The summed E-state index contributed by atoms with van der Waals surface area (Å²) in [7, 11) is 0. The first-order valence-electron chi connectivity index (χ1n) is 9.95. The van der Waals surface area contributed by atoms with Crippen LogP contribution >= 0.6 is 23.4 Å². The SMILES string of the molecule is N#Cc1c(SCC(=O)Nc2ccc(F)cc2)nc2c(c1-c1ccc(Cl)cc1)CCCC2. The normalized spacial score (nSPS) is 12.7. The summed E-state index contributed by atoms with van der Waals surface area (Å²) in [5, 5.41) is 13.9. The number of fused-ring (bicyclic) bond motifs is 1. The summed E-state index contributed by atoms with van der Waals surface area (Å²) in [6.45, 7) is 0. The van der Waals surface area contributed by atoms with Crippen LogP contribution in [0.5, 0.6) is 0 Å². The second kappa shape index (κ2) is 9.51. The van der Waals surface area contributed by atoms with Crippen molar-refractivity contribution in [2.24, 2.45) is 0 Å². The third-order valence-corrected chi connectivity index (χ3v) is 6.38. The van der Waals surface area contributed by atoms with E-state index in [4.69, 9.17) is 16.6 Å². The maximum absolute atomic E-state index is 13.1. The molecule has 0 atom stereocenters. The standard InChI is InChI=1S/C24H19ClFN3OS/c25-16-7-5-15(6-8-16)23-19-3-1-2-4-21(19)29-24(20(23)13-27)31-14-22(30)28-18-11-9-17(26)10-12-18/h5-12H,1-4,14H2,(H,28,30). The lowest BCUT2D eigenvalue weighted by molar-refractivity contribution is -0.113. The van der Waals surface area contributed by atoms with Gasteiger partial charge in [0.2, 0.25) is 5.91 Å². The molecule has 1 heterocycles. The molecular formula is C24H19ClFN3OS. The van der Waals surface area contributed by atoms with Gasteiger partial charge in [0, 0.05) is 22.0 Å². The van der Waals surface area contributed by atoms with E-state index in [1.165, 1.54) is 36.0 Å². The quantitative estimate of drug-likeness (QED) is 0.481. The number of hydrogen-bond acceptors (Lipinski definition) is 4. The third-order valence-electron chi connectivity index (χ3n) is 5.15. The molecule has 0 radical (unpaired) electrons. The molecule has 1 aromatic heterocycles. The van der Waals surface area contributed by atoms with Gasteiger partial charge in [-0.05, 0) is 73.2 Å². The number of anilines is 1. The summed E-state index contributed by atoms with van der Waals surface area (Å²) in [4.78, 5) is 17.2. The van der Waals surface area contributed by atoms with Crippen LogP contribution in [0.1, 0.15) is 29.7 Å². The molecule has 1 aliphatic rings. The van der Waals surface area contributed by atoms with Crippen LogP contribution in [-0.2, 0) is 17.6 Å². The molecule has 0 fully saturated rings. The molecule has 1 amide bonds. The number of halogens is 2. The molecule has 2 aromatic carbocycles. The highest BCUT2D eigenvalue weighted by atomic mass is 35.5. The Morgan fingerprint density at radius 1 is 1.13 bits per heavy atom. The van der Waals surface area contributed by atoms with Gasteiger partial charge in [-0.25, -0.2) is 9.37 Å². The highest BCUT2D eigenvalue weighted by Gasteiger charge is 2.23. The fraction of sp³-hybridized carbons (Fsp3) is 0.208. The molecular weight excluding hydrogens is 433 g/mol. The van der Waals surface area contributed by atoms with Gasteiger partial charge in [0.25, 0.3) is 0 Å². The molecule has 0 aliphatic heterocycles. The Kier molecular flexibility index (Phi) is 6.55. The number of nitrogens with one attached hydrogen (secondary N) is 1. The zero-order valence-electron chi connectivity index (χ0n) is 16.6. The number of amides is 1. The highest BCUT2D eigenvalue weighted by Crippen LogP contribution is 2.38. The zero-order valence-corrected chi connectivity index (χ0v) is 18.2. The minimum absolute atomic E-state index is 0.0951. The van der Waals surface area contributed by atoms with E-state index in [9.17, 15) is 14.4 Å². The second-order valence-electron chi connectivity index (χ2n) is 7.26. The molecule has 0 saturated heterocycles. The van der Waals surface area contributed by atoms with Crippen LogP contribution in [0.4, 0.5) is 10.1 Å². The van der Waals surface area contributed by atoms with Crippen molar-refractivity contribution in [1.29, 1.82) is 5.26 Å². The molecule has 0 spiro atoms. The molecule has 4 nitrogen and oxygen atoms in total. The number of nitrogens with zero attached hydrogens (tertiary/aromatic N) is 2. The maximum atomic E-state index is 13.1. The van der Waals surface area contributed by atoms with Crippen molar-refractivity contribution in [3.63, 3.8) is 0 Å². The van der Waals surface area contributed by atoms with Gasteiger partial charge in [0.05, 0.1) is 11.3 Å². The summed E-state index contributed by atoms with van der Waals surface area (Å²) < 4.78 is 13.1. The van der Waals surface area contributed by atoms with E-state index in [1.54, 1.807) is 0 Å². The first-order valence-corrected chi connectivity index (χ1v) is 11.3. The van der Waals surface area contributed by atoms with Gasteiger partial charge in [-0.1, -0.05) is 35.5 Å². The van der Waals surface area contributed by atoms with E-state index in [-0.39, 0.29) is 17.5 Å². The van der Waals surface area contributed by atoms with Crippen LogP contribution in [0.2, 0.25) is 5.02 Å². The Morgan fingerprint density at radius 3 is 2.55 bits per heavy atom. The van der Waals surface area contributed by atoms with Crippen LogP contribution in [0, 0.1) is 17.1 Å². The first-order chi connectivity index (χ1) is 15.0. The molecule has 0 unspecified atom stereocenters. The molecule has 4 rings (SSSR count). The van der Waals surface area contributed by atoms with Gasteiger partial charge in [-0.15, -0.1) is 0 Å². The van der Waals surface area contributed by atoms with E-state index in [2.05, 4.69) is 11.4 Å². The summed E-state index contributed by atoms with van der Waals surface area (Å²) in [5.74, 6) is -0.509. The van der Waals surface area contributed by atoms with Crippen LogP contribution in [0.25, 0.3) is 11.1 Å². The molecule has 0 saturated carbocycles.